The molecule has 0 unspecified atom stereocenters. The van der Waals surface area contributed by atoms with E-state index in [1.807, 2.05) is 11.9 Å². The lowest BCUT2D eigenvalue weighted by Crippen LogP contribution is -2.63. The third kappa shape index (κ3) is 3.84. The maximum Gasteiger partial charge on any atom is 0.243 e. The molecule has 31 heavy (non-hydrogen) atoms. The molecule has 1 aromatic carbocycles. The Morgan fingerprint density at radius 2 is 1.87 bits per heavy atom. The summed E-state index contributed by atoms with van der Waals surface area (Å²) in [6, 6.07) is 6.41. The van der Waals surface area contributed by atoms with Crippen LogP contribution in [0.1, 0.15) is 12.8 Å². The van der Waals surface area contributed by atoms with Gasteiger partial charge in [-0.2, -0.15) is 4.31 Å². The first kappa shape index (κ1) is 22.5. The highest BCUT2D eigenvalue weighted by Crippen LogP contribution is 2.42. The molecule has 10 heteroatoms. The maximum atomic E-state index is 13.3. The van der Waals surface area contributed by atoms with Crippen molar-refractivity contribution in [2.24, 2.45) is 0 Å². The highest BCUT2D eigenvalue weighted by Gasteiger charge is 2.58. The van der Waals surface area contributed by atoms with E-state index in [9.17, 15) is 13.2 Å². The number of hydrogen-bond acceptors (Lipinski definition) is 7. The molecule has 3 aliphatic heterocycles. The largest absolute Gasteiger partial charge is 0.497 e. The lowest BCUT2D eigenvalue weighted by atomic mass is 9.94. The molecule has 3 fully saturated rings. The normalized spacial score (nSPS) is 25.2. The Morgan fingerprint density at radius 3 is 2.55 bits per heavy atom. The SMILES string of the molecule is COCCN1C(=O)[C@H]2CN(C)CCN2C12CCN(S(=O)(=O)c1cccc(OC)c1)CC2. The lowest BCUT2D eigenvalue weighted by molar-refractivity contribution is -0.134. The van der Waals surface area contributed by atoms with Crippen molar-refractivity contribution in [1.29, 1.82) is 0 Å². The molecule has 1 amide bonds. The number of nitrogens with zero attached hydrogens (tertiary/aromatic N) is 4. The number of hydrogen-bond donors (Lipinski definition) is 0. The second kappa shape index (κ2) is 8.67. The molecular formula is C21H32N4O5S. The van der Waals surface area contributed by atoms with Crippen molar-refractivity contribution < 1.29 is 22.7 Å². The standard InChI is InChI=1S/C21H32N4O5S/c1-22-11-12-24-19(16-22)20(26)25(13-14-29-2)21(24)7-9-23(10-8-21)31(27,28)18-6-4-5-17(15-18)30-3/h4-6,15,19H,7-14,16H2,1-3H3/t19-/m1/s1. The summed E-state index contributed by atoms with van der Waals surface area (Å²) in [5, 5.41) is 0. The summed E-state index contributed by atoms with van der Waals surface area (Å²) in [6.45, 7) is 4.14. The molecule has 0 aromatic heterocycles. The van der Waals surface area contributed by atoms with Gasteiger partial charge in [0, 0.05) is 52.4 Å². The van der Waals surface area contributed by atoms with Crippen LogP contribution in [0.2, 0.25) is 0 Å². The Kier molecular flexibility index (Phi) is 6.28. The van der Waals surface area contributed by atoms with E-state index >= 15 is 0 Å². The third-order valence-electron chi connectivity index (χ3n) is 6.89. The van der Waals surface area contributed by atoms with Gasteiger partial charge in [-0.15, -0.1) is 0 Å². The maximum absolute atomic E-state index is 13.3. The van der Waals surface area contributed by atoms with E-state index in [4.69, 9.17) is 9.47 Å². The summed E-state index contributed by atoms with van der Waals surface area (Å²) in [4.78, 5) is 20.0. The number of methoxy groups -OCH3 is 2. The molecule has 0 bridgehead atoms. The van der Waals surface area contributed by atoms with Gasteiger partial charge in [0.2, 0.25) is 15.9 Å². The first-order chi connectivity index (χ1) is 14.8. The monoisotopic (exact) mass is 452 g/mol. The van der Waals surface area contributed by atoms with E-state index < -0.39 is 15.7 Å². The number of rotatable bonds is 6. The van der Waals surface area contributed by atoms with Gasteiger partial charge >= 0.3 is 0 Å². The molecule has 1 atom stereocenters. The van der Waals surface area contributed by atoms with Crippen molar-refractivity contribution in [2.75, 3.05) is 67.1 Å². The Hall–Kier alpha value is -1.72. The van der Waals surface area contributed by atoms with Gasteiger partial charge in [-0.1, -0.05) is 6.07 Å². The third-order valence-corrected chi connectivity index (χ3v) is 8.79. The van der Waals surface area contributed by atoms with Gasteiger partial charge in [-0.3, -0.25) is 9.69 Å². The van der Waals surface area contributed by atoms with E-state index in [1.54, 1.807) is 31.4 Å². The van der Waals surface area contributed by atoms with Crippen molar-refractivity contribution in [3.63, 3.8) is 0 Å². The Balaban J connectivity index is 1.57. The lowest BCUT2D eigenvalue weighted by Gasteiger charge is -2.50. The van der Waals surface area contributed by atoms with Crippen molar-refractivity contribution >= 4 is 15.9 Å². The highest BCUT2D eigenvalue weighted by molar-refractivity contribution is 7.89. The van der Waals surface area contributed by atoms with Gasteiger partial charge in [-0.05, 0) is 32.0 Å². The fourth-order valence-corrected chi connectivity index (χ4v) is 6.70. The zero-order valence-corrected chi connectivity index (χ0v) is 19.3. The zero-order valence-electron chi connectivity index (χ0n) is 18.5. The minimum absolute atomic E-state index is 0.132. The van der Waals surface area contributed by atoms with Crippen molar-refractivity contribution in [3.8, 4) is 5.75 Å². The van der Waals surface area contributed by atoms with Crippen LogP contribution in [0.4, 0.5) is 0 Å². The number of carbonyl (C=O) groups excluding carboxylic acids is 1. The Bertz CT molecular complexity index is 916. The number of piperazine rings is 1. The minimum Gasteiger partial charge on any atom is -0.497 e. The van der Waals surface area contributed by atoms with Gasteiger partial charge in [0.25, 0.3) is 0 Å². The van der Waals surface area contributed by atoms with Crippen LogP contribution in [-0.2, 0) is 19.6 Å². The fourth-order valence-electron chi connectivity index (χ4n) is 5.22. The number of carbonyl (C=O) groups is 1. The quantitative estimate of drug-likeness (QED) is 0.613. The van der Waals surface area contributed by atoms with Crippen molar-refractivity contribution in [3.05, 3.63) is 24.3 Å². The minimum atomic E-state index is -3.63. The molecule has 3 heterocycles. The van der Waals surface area contributed by atoms with Crippen LogP contribution in [0.3, 0.4) is 0 Å². The summed E-state index contributed by atoms with van der Waals surface area (Å²) in [5.41, 5.74) is -0.443. The molecule has 172 valence electrons. The number of amides is 1. The molecular weight excluding hydrogens is 420 g/mol. The average molecular weight is 453 g/mol. The average Bonchev–Trinajstić information content (AvgIpc) is 2.99. The van der Waals surface area contributed by atoms with Crippen LogP contribution >= 0.6 is 0 Å². The van der Waals surface area contributed by atoms with Crippen LogP contribution in [-0.4, -0.2) is 112 Å². The predicted octanol–water partition coefficient (Wildman–Crippen LogP) is 0.281. The van der Waals surface area contributed by atoms with Crippen LogP contribution in [0, 0.1) is 0 Å². The van der Waals surface area contributed by atoms with Crippen LogP contribution in [0.25, 0.3) is 0 Å². The molecule has 0 radical (unpaired) electrons. The molecule has 1 spiro atoms. The number of piperidine rings is 1. The number of benzene rings is 1. The van der Waals surface area contributed by atoms with Crippen LogP contribution < -0.4 is 4.74 Å². The van der Waals surface area contributed by atoms with Gasteiger partial charge in [-0.25, -0.2) is 8.42 Å². The summed E-state index contributed by atoms with van der Waals surface area (Å²) < 4.78 is 38.5. The topological polar surface area (TPSA) is 82.6 Å². The molecule has 0 saturated carbocycles. The summed E-state index contributed by atoms with van der Waals surface area (Å²) >= 11 is 0. The van der Waals surface area contributed by atoms with Gasteiger partial charge < -0.3 is 19.3 Å². The second-order valence-corrected chi connectivity index (χ2v) is 10.5. The summed E-state index contributed by atoms with van der Waals surface area (Å²) in [7, 11) is 1.57. The molecule has 0 N–H and O–H groups in total. The second-order valence-electron chi connectivity index (χ2n) is 8.52. The number of sulfonamides is 1. The molecule has 1 aromatic rings. The van der Waals surface area contributed by atoms with E-state index in [0.717, 1.165) is 13.1 Å². The Labute approximate surface area is 184 Å². The summed E-state index contributed by atoms with van der Waals surface area (Å²) in [5.74, 6) is 0.648. The number of ether oxygens (including phenoxy) is 2. The van der Waals surface area contributed by atoms with Crippen molar-refractivity contribution in [1.82, 2.24) is 19.0 Å². The van der Waals surface area contributed by atoms with E-state index in [2.05, 4.69) is 9.80 Å². The summed E-state index contributed by atoms with van der Waals surface area (Å²) in [6.07, 6.45) is 1.18. The molecule has 9 nitrogen and oxygen atoms in total. The fraction of sp³-hybridized carbons (Fsp3) is 0.667. The smallest absolute Gasteiger partial charge is 0.243 e. The van der Waals surface area contributed by atoms with Gasteiger partial charge in [0.15, 0.2) is 0 Å². The molecule has 3 aliphatic rings. The highest BCUT2D eigenvalue weighted by atomic mass is 32.2. The van der Waals surface area contributed by atoms with Crippen LogP contribution in [0.15, 0.2) is 29.2 Å². The number of fused-ring (bicyclic) bond motifs is 2. The zero-order chi connectivity index (χ0) is 22.2. The first-order valence-electron chi connectivity index (χ1n) is 10.7. The first-order valence-corrected chi connectivity index (χ1v) is 12.2. The van der Waals surface area contributed by atoms with Crippen molar-refractivity contribution in [2.45, 2.75) is 29.4 Å². The molecule has 4 rings (SSSR count). The van der Waals surface area contributed by atoms with E-state index in [1.165, 1.54) is 11.4 Å². The van der Waals surface area contributed by atoms with Gasteiger partial charge in [0.1, 0.15) is 11.8 Å². The van der Waals surface area contributed by atoms with E-state index in [-0.39, 0.29) is 16.8 Å². The molecule has 0 aliphatic carbocycles. The number of likely N-dealkylation sites (N-methyl/N-ethyl adjacent to an activating group) is 1. The van der Waals surface area contributed by atoms with Crippen LogP contribution in [0.5, 0.6) is 5.75 Å². The van der Waals surface area contributed by atoms with Gasteiger partial charge in [0.05, 0.1) is 24.3 Å². The Morgan fingerprint density at radius 1 is 1.13 bits per heavy atom. The van der Waals surface area contributed by atoms with E-state index in [0.29, 0.717) is 51.4 Å². The molecule has 3 saturated heterocycles. The predicted molar refractivity (Wildman–Crippen MR) is 115 cm³/mol.